The molecule has 0 aliphatic heterocycles. The third-order valence-electron chi connectivity index (χ3n) is 6.75. The summed E-state index contributed by atoms with van der Waals surface area (Å²) in [6, 6.07) is 23.5. The third kappa shape index (κ3) is 7.92. The number of hydrogen-bond donors (Lipinski definition) is 3. The van der Waals surface area contributed by atoms with E-state index in [0.717, 1.165) is 49.2 Å². The van der Waals surface area contributed by atoms with Crippen molar-refractivity contribution < 1.29 is 22.8 Å². The molecule has 38 heavy (non-hydrogen) atoms. The van der Waals surface area contributed by atoms with E-state index >= 15 is 0 Å². The van der Waals surface area contributed by atoms with Gasteiger partial charge in [-0.1, -0.05) is 60.7 Å². The van der Waals surface area contributed by atoms with Crippen molar-refractivity contribution in [3.05, 3.63) is 107 Å². The van der Waals surface area contributed by atoms with Crippen molar-refractivity contribution in [2.45, 2.75) is 56.4 Å². The van der Waals surface area contributed by atoms with Gasteiger partial charge in [0.25, 0.3) is 5.91 Å². The van der Waals surface area contributed by atoms with Crippen LogP contribution in [-0.2, 0) is 17.5 Å². The van der Waals surface area contributed by atoms with E-state index < -0.39 is 23.7 Å². The van der Waals surface area contributed by atoms with Gasteiger partial charge in [-0.15, -0.1) is 0 Å². The Kier molecular flexibility index (Phi) is 9.18. The number of unbranched alkanes of at least 4 members (excludes halogenated alkanes) is 1. The Morgan fingerprint density at radius 3 is 2.18 bits per heavy atom. The lowest BCUT2D eigenvalue weighted by molar-refractivity contribution is -0.137. The van der Waals surface area contributed by atoms with Crippen LogP contribution in [0.2, 0.25) is 0 Å². The number of amides is 2. The predicted molar refractivity (Wildman–Crippen MR) is 140 cm³/mol. The Morgan fingerprint density at radius 2 is 1.53 bits per heavy atom. The number of nitrogens with one attached hydrogen (secondary N) is 3. The maximum Gasteiger partial charge on any atom is 0.416 e. The SMILES string of the molecule is O=C(N[C@@H](CCCCN[C@H]1C[C@@H]1c1ccccc1)C(=O)NCc1ccccc1)c1ccc(C(F)(F)F)cc1. The maximum atomic E-state index is 13.0. The minimum absolute atomic E-state index is 0.0706. The molecule has 8 heteroatoms. The van der Waals surface area contributed by atoms with Gasteiger partial charge in [0.1, 0.15) is 6.04 Å². The lowest BCUT2D eigenvalue weighted by atomic mass is 10.1. The van der Waals surface area contributed by atoms with E-state index in [1.807, 2.05) is 48.5 Å². The molecule has 3 aromatic carbocycles. The smallest absolute Gasteiger partial charge is 0.350 e. The Hall–Kier alpha value is -3.65. The molecule has 5 nitrogen and oxygen atoms in total. The van der Waals surface area contributed by atoms with Crippen molar-refractivity contribution in [3.63, 3.8) is 0 Å². The van der Waals surface area contributed by atoms with Crippen molar-refractivity contribution in [2.24, 2.45) is 0 Å². The van der Waals surface area contributed by atoms with E-state index in [0.29, 0.717) is 31.3 Å². The normalized spacial score (nSPS) is 17.4. The monoisotopic (exact) mass is 523 g/mol. The second-order valence-electron chi connectivity index (χ2n) is 9.61. The van der Waals surface area contributed by atoms with Crippen LogP contribution < -0.4 is 16.0 Å². The van der Waals surface area contributed by atoms with Gasteiger partial charge >= 0.3 is 6.18 Å². The molecule has 1 aliphatic carbocycles. The lowest BCUT2D eigenvalue weighted by Crippen LogP contribution is -2.46. The van der Waals surface area contributed by atoms with Gasteiger partial charge < -0.3 is 16.0 Å². The molecule has 0 heterocycles. The fourth-order valence-electron chi connectivity index (χ4n) is 4.48. The van der Waals surface area contributed by atoms with Gasteiger partial charge in [0, 0.05) is 24.1 Å². The predicted octanol–water partition coefficient (Wildman–Crippen LogP) is 5.44. The van der Waals surface area contributed by atoms with Crippen LogP contribution in [0.15, 0.2) is 84.9 Å². The summed E-state index contributed by atoms with van der Waals surface area (Å²) in [6.07, 6.45) is -1.42. The Labute approximate surface area is 220 Å². The Balaban J connectivity index is 1.28. The zero-order valence-corrected chi connectivity index (χ0v) is 21.0. The van der Waals surface area contributed by atoms with Crippen LogP contribution in [0.25, 0.3) is 0 Å². The van der Waals surface area contributed by atoms with Crippen LogP contribution in [0.4, 0.5) is 13.2 Å². The van der Waals surface area contributed by atoms with Gasteiger partial charge in [-0.2, -0.15) is 13.2 Å². The molecule has 3 N–H and O–H groups in total. The summed E-state index contributed by atoms with van der Waals surface area (Å²) in [5.74, 6) is -0.371. The highest BCUT2D eigenvalue weighted by atomic mass is 19.4. The summed E-state index contributed by atoms with van der Waals surface area (Å²) in [5, 5.41) is 9.13. The second-order valence-corrected chi connectivity index (χ2v) is 9.61. The van der Waals surface area contributed by atoms with E-state index in [1.165, 1.54) is 5.56 Å². The minimum atomic E-state index is -4.48. The largest absolute Gasteiger partial charge is 0.416 e. The molecular formula is C30H32F3N3O2. The van der Waals surface area contributed by atoms with Gasteiger partial charge in [-0.3, -0.25) is 9.59 Å². The molecule has 0 unspecified atom stereocenters. The summed E-state index contributed by atoms with van der Waals surface area (Å²) in [4.78, 5) is 25.7. The van der Waals surface area contributed by atoms with Crippen LogP contribution in [0.1, 0.15) is 58.6 Å². The summed E-state index contributed by atoms with van der Waals surface area (Å²) in [7, 11) is 0. The average Bonchev–Trinajstić information content (AvgIpc) is 3.71. The highest BCUT2D eigenvalue weighted by Crippen LogP contribution is 2.40. The van der Waals surface area contributed by atoms with E-state index in [9.17, 15) is 22.8 Å². The number of benzene rings is 3. The second kappa shape index (κ2) is 12.7. The first kappa shape index (κ1) is 27.4. The molecule has 0 radical (unpaired) electrons. The molecule has 0 spiro atoms. The van der Waals surface area contributed by atoms with Gasteiger partial charge in [0.2, 0.25) is 5.91 Å². The number of hydrogen-bond acceptors (Lipinski definition) is 3. The van der Waals surface area contributed by atoms with Crippen molar-refractivity contribution in [1.82, 2.24) is 16.0 Å². The zero-order valence-electron chi connectivity index (χ0n) is 21.0. The Morgan fingerprint density at radius 1 is 0.868 bits per heavy atom. The number of alkyl halides is 3. The van der Waals surface area contributed by atoms with E-state index in [1.54, 1.807) is 0 Å². The van der Waals surface area contributed by atoms with Crippen LogP contribution in [0, 0.1) is 0 Å². The third-order valence-corrected chi connectivity index (χ3v) is 6.75. The fourth-order valence-corrected chi connectivity index (χ4v) is 4.48. The highest BCUT2D eigenvalue weighted by Gasteiger charge is 2.37. The summed E-state index contributed by atoms with van der Waals surface area (Å²) >= 11 is 0. The standard InChI is InChI=1S/C30H32F3N3O2/c31-30(32,33)24-16-14-23(15-17-24)28(37)36-26(29(38)35-20-21-9-3-1-4-10-21)13-7-8-18-34-27-19-25(27)22-11-5-2-6-12-22/h1-6,9-12,14-17,25-27,34H,7-8,13,18-20H2,(H,35,38)(H,36,37)/t25-,26+,27+/m1/s1. The first-order valence-electron chi connectivity index (χ1n) is 12.9. The average molecular weight is 524 g/mol. The lowest BCUT2D eigenvalue weighted by Gasteiger charge is -2.19. The van der Waals surface area contributed by atoms with Crippen LogP contribution in [0.5, 0.6) is 0 Å². The molecule has 1 fully saturated rings. The molecule has 4 rings (SSSR count). The van der Waals surface area contributed by atoms with Gasteiger partial charge in [0.15, 0.2) is 0 Å². The van der Waals surface area contributed by atoms with Crippen molar-refractivity contribution in [2.75, 3.05) is 6.54 Å². The molecule has 0 bridgehead atoms. The van der Waals surface area contributed by atoms with E-state index in [4.69, 9.17) is 0 Å². The molecule has 0 saturated heterocycles. The number of carbonyl (C=O) groups is 2. The van der Waals surface area contributed by atoms with Crippen LogP contribution >= 0.6 is 0 Å². The van der Waals surface area contributed by atoms with Gasteiger partial charge in [-0.25, -0.2) is 0 Å². The maximum absolute atomic E-state index is 13.0. The number of halogens is 3. The van der Waals surface area contributed by atoms with E-state index in [-0.39, 0.29) is 11.5 Å². The van der Waals surface area contributed by atoms with E-state index in [2.05, 4.69) is 28.1 Å². The molecule has 2 amide bonds. The van der Waals surface area contributed by atoms with Crippen molar-refractivity contribution >= 4 is 11.8 Å². The van der Waals surface area contributed by atoms with Crippen molar-refractivity contribution in [3.8, 4) is 0 Å². The van der Waals surface area contributed by atoms with Gasteiger partial charge in [-0.05, 0) is 67.6 Å². The topological polar surface area (TPSA) is 70.2 Å². The minimum Gasteiger partial charge on any atom is -0.350 e. The number of carbonyl (C=O) groups excluding carboxylic acids is 2. The highest BCUT2D eigenvalue weighted by molar-refractivity contribution is 5.97. The first-order chi connectivity index (χ1) is 18.3. The molecule has 0 aromatic heterocycles. The molecule has 3 atom stereocenters. The Bertz CT molecular complexity index is 1180. The fraction of sp³-hybridized carbons (Fsp3) is 0.333. The van der Waals surface area contributed by atoms with Crippen LogP contribution in [0.3, 0.4) is 0 Å². The summed E-state index contributed by atoms with van der Waals surface area (Å²) in [5.41, 5.74) is 1.51. The van der Waals surface area contributed by atoms with Crippen LogP contribution in [-0.4, -0.2) is 30.4 Å². The molecule has 1 saturated carbocycles. The van der Waals surface area contributed by atoms with Crippen molar-refractivity contribution in [1.29, 1.82) is 0 Å². The molecule has 3 aromatic rings. The summed E-state index contributed by atoms with van der Waals surface area (Å²) < 4.78 is 38.6. The quantitative estimate of drug-likeness (QED) is 0.277. The molecule has 200 valence electrons. The van der Waals surface area contributed by atoms with Gasteiger partial charge in [0.05, 0.1) is 5.56 Å². The molecule has 1 aliphatic rings. The first-order valence-corrected chi connectivity index (χ1v) is 12.9. The molecular weight excluding hydrogens is 491 g/mol. The zero-order chi connectivity index (χ0) is 27.0. The number of rotatable bonds is 12. The summed E-state index contributed by atoms with van der Waals surface area (Å²) in [6.45, 7) is 1.12.